The van der Waals surface area contributed by atoms with Gasteiger partial charge in [0.05, 0.1) is 19.8 Å². The van der Waals surface area contributed by atoms with Crippen molar-refractivity contribution in [2.75, 3.05) is 13.7 Å². The van der Waals surface area contributed by atoms with Gasteiger partial charge >= 0.3 is 5.97 Å². The summed E-state index contributed by atoms with van der Waals surface area (Å²) < 4.78 is 10.4. The molecule has 1 amide bonds. The molecule has 0 aliphatic heterocycles. The van der Waals surface area contributed by atoms with Gasteiger partial charge in [-0.3, -0.25) is 4.79 Å². The molecule has 2 rings (SSSR count). The van der Waals surface area contributed by atoms with Crippen LogP contribution in [0, 0.1) is 0 Å². The number of benzene rings is 2. The van der Waals surface area contributed by atoms with Crippen molar-refractivity contribution in [1.29, 1.82) is 0 Å². The second kappa shape index (κ2) is 12.0. The molecule has 162 valence electrons. The van der Waals surface area contributed by atoms with Gasteiger partial charge in [0.15, 0.2) is 0 Å². The first-order valence-electron chi connectivity index (χ1n) is 10.3. The standard InChI is InChI=1S/C24H32N2O4/c1-5-30-20-13-11-19(12-14-20)16-22(24(28)29-4)26-23(27)21(25-17(2)3)15-18-9-7-6-8-10-18/h6-14,17,21-22,25H,5,15-16H2,1-4H3,(H,26,27)/t21-,22-/m0/s1. The molecule has 0 unspecified atom stereocenters. The van der Waals surface area contributed by atoms with Gasteiger partial charge in [-0.15, -0.1) is 0 Å². The van der Waals surface area contributed by atoms with E-state index in [9.17, 15) is 9.59 Å². The minimum Gasteiger partial charge on any atom is -0.494 e. The van der Waals surface area contributed by atoms with Crippen molar-refractivity contribution in [3.63, 3.8) is 0 Å². The molecule has 0 spiro atoms. The van der Waals surface area contributed by atoms with Crippen molar-refractivity contribution in [3.8, 4) is 5.75 Å². The number of ether oxygens (including phenoxy) is 2. The van der Waals surface area contributed by atoms with E-state index in [4.69, 9.17) is 9.47 Å². The highest BCUT2D eigenvalue weighted by atomic mass is 16.5. The third kappa shape index (κ3) is 7.52. The fourth-order valence-corrected chi connectivity index (χ4v) is 3.21. The zero-order chi connectivity index (χ0) is 21.9. The Morgan fingerprint density at radius 3 is 2.07 bits per heavy atom. The predicted octanol–water partition coefficient (Wildman–Crippen LogP) is 2.89. The van der Waals surface area contributed by atoms with Crippen molar-refractivity contribution in [2.24, 2.45) is 0 Å². The molecule has 0 aliphatic carbocycles. The van der Waals surface area contributed by atoms with Crippen molar-refractivity contribution >= 4 is 11.9 Å². The van der Waals surface area contributed by atoms with Gasteiger partial charge in [0.1, 0.15) is 11.8 Å². The minimum absolute atomic E-state index is 0.118. The van der Waals surface area contributed by atoms with E-state index in [1.54, 1.807) is 0 Å². The van der Waals surface area contributed by atoms with Crippen LogP contribution in [0.15, 0.2) is 54.6 Å². The van der Waals surface area contributed by atoms with Crippen LogP contribution in [0.5, 0.6) is 5.75 Å². The summed E-state index contributed by atoms with van der Waals surface area (Å²) in [4.78, 5) is 25.4. The first-order valence-corrected chi connectivity index (χ1v) is 10.3. The molecule has 6 heteroatoms. The van der Waals surface area contributed by atoms with Crippen LogP contribution in [0.3, 0.4) is 0 Å². The molecule has 0 radical (unpaired) electrons. The largest absolute Gasteiger partial charge is 0.494 e. The third-order valence-electron chi connectivity index (χ3n) is 4.61. The lowest BCUT2D eigenvalue weighted by Crippen LogP contribution is -2.53. The molecular formula is C24H32N2O4. The molecule has 2 aromatic rings. The Morgan fingerprint density at radius 1 is 0.900 bits per heavy atom. The quantitative estimate of drug-likeness (QED) is 0.555. The van der Waals surface area contributed by atoms with Crippen LogP contribution in [-0.2, 0) is 27.2 Å². The van der Waals surface area contributed by atoms with Crippen molar-refractivity contribution in [1.82, 2.24) is 10.6 Å². The number of methoxy groups -OCH3 is 1. The van der Waals surface area contributed by atoms with Gasteiger partial charge in [-0.25, -0.2) is 4.79 Å². The summed E-state index contributed by atoms with van der Waals surface area (Å²) in [6.45, 7) is 6.49. The number of hydrogen-bond donors (Lipinski definition) is 2. The van der Waals surface area contributed by atoms with Gasteiger partial charge in [0.2, 0.25) is 5.91 Å². The molecule has 0 aliphatic rings. The topological polar surface area (TPSA) is 76.7 Å². The predicted molar refractivity (Wildman–Crippen MR) is 117 cm³/mol. The van der Waals surface area contributed by atoms with Gasteiger partial charge in [-0.1, -0.05) is 56.3 Å². The monoisotopic (exact) mass is 412 g/mol. The maximum absolute atomic E-state index is 13.0. The highest BCUT2D eigenvalue weighted by molar-refractivity contribution is 5.88. The van der Waals surface area contributed by atoms with Crippen LogP contribution in [0.4, 0.5) is 0 Å². The summed E-state index contributed by atoms with van der Waals surface area (Å²) in [5.41, 5.74) is 1.96. The number of carbonyl (C=O) groups is 2. The third-order valence-corrected chi connectivity index (χ3v) is 4.61. The van der Waals surface area contributed by atoms with Crippen LogP contribution < -0.4 is 15.4 Å². The highest BCUT2D eigenvalue weighted by Crippen LogP contribution is 2.14. The van der Waals surface area contributed by atoms with Crippen LogP contribution in [0.1, 0.15) is 31.9 Å². The van der Waals surface area contributed by atoms with Crippen molar-refractivity contribution < 1.29 is 19.1 Å². The number of amides is 1. The molecule has 2 N–H and O–H groups in total. The van der Waals surface area contributed by atoms with E-state index in [-0.39, 0.29) is 11.9 Å². The van der Waals surface area contributed by atoms with Gasteiger partial charge < -0.3 is 20.1 Å². The Morgan fingerprint density at radius 2 is 1.50 bits per heavy atom. The fraction of sp³-hybridized carbons (Fsp3) is 0.417. The molecular weight excluding hydrogens is 380 g/mol. The maximum Gasteiger partial charge on any atom is 0.328 e. The molecule has 0 bridgehead atoms. The van der Waals surface area contributed by atoms with E-state index < -0.39 is 18.1 Å². The van der Waals surface area contributed by atoms with Gasteiger partial charge in [0, 0.05) is 12.5 Å². The Labute approximate surface area is 179 Å². The summed E-state index contributed by atoms with van der Waals surface area (Å²) >= 11 is 0. The number of hydrogen-bond acceptors (Lipinski definition) is 5. The van der Waals surface area contributed by atoms with Crippen LogP contribution in [0.2, 0.25) is 0 Å². The summed E-state index contributed by atoms with van der Waals surface area (Å²) in [6, 6.07) is 16.2. The molecule has 2 aromatic carbocycles. The van der Waals surface area contributed by atoms with Crippen molar-refractivity contribution in [3.05, 3.63) is 65.7 Å². The zero-order valence-corrected chi connectivity index (χ0v) is 18.2. The number of carbonyl (C=O) groups excluding carboxylic acids is 2. The number of esters is 1. The van der Waals surface area contributed by atoms with E-state index >= 15 is 0 Å². The summed E-state index contributed by atoms with van der Waals surface area (Å²) in [5, 5.41) is 6.17. The normalized spacial score (nSPS) is 12.8. The Kier molecular flexibility index (Phi) is 9.35. The molecule has 0 fully saturated rings. The van der Waals surface area contributed by atoms with Gasteiger partial charge in [-0.2, -0.15) is 0 Å². The smallest absolute Gasteiger partial charge is 0.328 e. The molecule has 0 saturated heterocycles. The fourth-order valence-electron chi connectivity index (χ4n) is 3.21. The molecule has 0 aromatic heterocycles. The Balaban J connectivity index is 2.11. The second-order valence-corrected chi connectivity index (χ2v) is 7.43. The summed E-state index contributed by atoms with van der Waals surface area (Å²) in [7, 11) is 1.33. The van der Waals surface area contributed by atoms with Crippen LogP contribution in [-0.4, -0.2) is 43.7 Å². The molecule has 2 atom stereocenters. The Bertz CT molecular complexity index is 791. The van der Waals surface area contributed by atoms with E-state index in [2.05, 4.69) is 10.6 Å². The SMILES string of the molecule is CCOc1ccc(C[C@H](NC(=O)[C@H](Cc2ccccc2)NC(C)C)C(=O)OC)cc1. The molecule has 6 nitrogen and oxygen atoms in total. The van der Waals surface area contributed by atoms with E-state index in [0.717, 1.165) is 16.9 Å². The molecule has 0 heterocycles. The van der Waals surface area contributed by atoms with Gasteiger partial charge in [-0.05, 0) is 36.6 Å². The number of rotatable bonds is 11. The first kappa shape index (κ1) is 23.4. The molecule has 30 heavy (non-hydrogen) atoms. The van der Waals surface area contributed by atoms with E-state index in [0.29, 0.717) is 19.4 Å². The average Bonchev–Trinajstić information content (AvgIpc) is 2.74. The zero-order valence-electron chi connectivity index (χ0n) is 18.2. The lowest BCUT2D eigenvalue weighted by molar-refractivity contribution is -0.145. The average molecular weight is 413 g/mol. The van der Waals surface area contributed by atoms with Gasteiger partial charge in [0.25, 0.3) is 0 Å². The summed E-state index contributed by atoms with van der Waals surface area (Å²) in [5.74, 6) is 0.0677. The first-order chi connectivity index (χ1) is 14.4. The lowest BCUT2D eigenvalue weighted by atomic mass is 10.0. The minimum atomic E-state index is -0.771. The van der Waals surface area contributed by atoms with Crippen LogP contribution >= 0.6 is 0 Å². The highest BCUT2D eigenvalue weighted by Gasteiger charge is 2.27. The Hall–Kier alpha value is -2.86. The number of nitrogens with one attached hydrogen (secondary N) is 2. The van der Waals surface area contributed by atoms with E-state index in [1.165, 1.54) is 7.11 Å². The maximum atomic E-state index is 13.0. The summed E-state index contributed by atoms with van der Waals surface area (Å²) in [6.07, 6.45) is 0.867. The molecule has 0 saturated carbocycles. The van der Waals surface area contributed by atoms with Crippen molar-refractivity contribution in [2.45, 2.75) is 51.7 Å². The van der Waals surface area contributed by atoms with Crippen LogP contribution in [0.25, 0.3) is 0 Å². The lowest BCUT2D eigenvalue weighted by Gasteiger charge is -2.24. The van der Waals surface area contributed by atoms with E-state index in [1.807, 2.05) is 75.4 Å². The second-order valence-electron chi connectivity index (χ2n) is 7.43.